The minimum absolute atomic E-state index is 0.0780. The van der Waals surface area contributed by atoms with E-state index in [0.29, 0.717) is 42.3 Å². The Kier molecular flexibility index (Phi) is 7.14. The number of rotatable bonds is 8. The molecule has 4 rings (SSSR count). The van der Waals surface area contributed by atoms with Crippen LogP contribution in [-0.4, -0.2) is 60.0 Å². The number of nitrogens with one attached hydrogen (secondary N) is 1. The maximum absolute atomic E-state index is 13.5. The average molecular weight is 500 g/mol. The lowest BCUT2D eigenvalue weighted by molar-refractivity contribution is 0.0947. The zero-order valence-corrected chi connectivity index (χ0v) is 21.8. The number of nitrogens with zero attached hydrogens (tertiary/aromatic N) is 4. The van der Waals surface area contributed by atoms with E-state index in [4.69, 9.17) is 4.74 Å². The Balaban J connectivity index is 1.89. The quantitative estimate of drug-likeness (QED) is 0.508. The van der Waals surface area contributed by atoms with Crippen LogP contribution in [0, 0.1) is 19.8 Å². The summed E-state index contributed by atoms with van der Waals surface area (Å²) in [4.78, 5) is 18.0. The zero-order chi connectivity index (χ0) is 25.3. The number of fused-ring (bicyclic) bond motifs is 1. The summed E-state index contributed by atoms with van der Waals surface area (Å²) in [6.07, 6.45) is 2.50. The molecule has 0 atom stereocenters. The molecule has 3 heterocycles. The number of aryl methyl sites for hydroxylation is 2. The van der Waals surface area contributed by atoms with Crippen LogP contribution in [0.2, 0.25) is 0 Å². The highest BCUT2D eigenvalue weighted by Gasteiger charge is 2.31. The molecule has 35 heavy (non-hydrogen) atoms. The Labute approximate surface area is 206 Å². The Morgan fingerprint density at radius 3 is 2.54 bits per heavy atom. The Bertz CT molecular complexity index is 1360. The molecule has 3 aromatic rings. The molecule has 2 aromatic heterocycles. The lowest BCUT2D eigenvalue weighted by Crippen LogP contribution is -2.28. The lowest BCUT2D eigenvalue weighted by atomic mass is 10.0. The molecule has 9 nitrogen and oxygen atoms in total. The van der Waals surface area contributed by atoms with Crippen molar-refractivity contribution in [3.8, 4) is 16.9 Å². The molecule has 0 saturated carbocycles. The topological polar surface area (TPSA) is 106 Å². The summed E-state index contributed by atoms with van der Waals surface area (Å²) >= 11 is 0. The monoisotopic (exact) mass is 499 g/mol. The van der Waals surface area contributed by atoms with Crippen LogP contribution in [0.25, 0.3) is 16.8 Å². The molecule has 0 unspecified atom stereocenters. The van der Waals surface area contributed by atoms with Gasteiger partial charge in [-0.25, -0.2) is 17.9 Å². The van der Waals surface area contributed by atoms with Crippen molar-refractivity contribution in [2.45, 2.75) is 51.9 Å². The summed E-state index contributed by atoms with van der Waals surface area (Å²) < 4.78 is 35.5. The Morgan fingerprint density at radius 2 is 1.89 bits per heavy atom. The van der Waals surface area contributed by atoms with Gasteiger partial charge < -0.3 is 10.1 Å². The first kappa shape index (κ1) is 25.1. The molecule has 1 saturated heterocycles. The zero-order valence-electron chi connectivity index (χ0n) is 21.0. The molecule has 1 N–H and O–H groups in total. The van der Waals surface area contributed by atoms with E-state index in [1.807, 2.05) is 19.9 Å². The second kappa shape index (κ2) is 9.94. The molecule has 0 bridgehead atoms. The van der Waals surface area contributed by atoms with Crippen molar-refractivity contribution >= 4 is 21.6 Å². The first-order valence-corrected chi connectivity index (χ1v) is 13.4. The molecule has 188 valence electrons. The molecule has 10 heteroatoms. The third-order valence-corrected chi connectivity index (χ3v) is 8.17. The first-order chi connectivity index (χ1) is 16.6. The van der Waals surface area contributed by atoms with Gasteiger partial charge in [0.1, 0.15) is 10.6 Å². The second-order valence-corrected chi connectivity index (χ2v) is 11.3. The van der Waals surface area contributed by atoms with Crippen LogP contribution < -0.4 is 10.1 Å². The van der Waals surface area contributed by atoms with E-state index in [0.717, 1.165) is 30.7 Å². The predicted octanol–water partition coefficient (Wildman–Crippen LogP) is 3.58. The van der Waals surface area contributed by atoms with Crippen molar-refractivity contribution in [1.29, 1.82) is 0 Å². The van der Waals surface area contributed by atoms with E-state index in [9.17, 15) is 13.2 Å². The van der Waals surface area contributed by atoms with Gasteiger partial charge >= 0.3 is 0 Å². The largest absolute Gasteiger partial charge is 0.495 e. The van der Waals surface area contributed by atoms with Gasteiger partial charge in [-0.1, -0.05) is 19.9 Å². The van der Waals surface area contributed by atoms with E-state index in [-0.39, 0.29) is 22.2 Å². The number of aromatic nitrogens is 3. The molecule has 0 spiro atoms. The van der Waals surface area contributed by atoms with Crippen LogP contribution in [0.1, 0.15) is 55.0 Å². The Hall–Kier alpha value is -2.98. The summed E-state index contributed by atoms with van der Waals surface area (Å²) in [6.45, 7) is 9.45. The minimum atomic E-state index is -3.76. The van der Waals surface area contributed by atoms with Gasteiger partial charge in [0.15, 0.2) is 11.3 Å². The number of carbonyl (C=O) groups is 1. The number of hydrogen-bond acceptors (Lipinski definition) is 6. The van der Waals surface area contributed by atoms with Crippen molar-refractivity contribution in [3.63, 3.8) is 0 Å². The van der Waals surface area contributed by atoms with Gasteiger partial charge in [-0.15, -0.1) is 0 Å². The molecule has 1 aliphatic heterocycles. The molecular formula is C25H33N5O4S. The highest BCUT2D eigenvalue weighted by atomic mass is 32.2. The van der Waals surface area contributed by atoms with E-state index in [2.05, 4.69) is 29.2 Å². The molecular weight excluding hydrogens is 466 g/mol. The number of ether oxygens (including phenoxy) is 1. The summed E-state index contributed by atoms with van der Waals surface area (Å²) in [7, 11) is -2.31. The highest BCUT2D eigenvalue weighted by Crippen LogP contribution is 2.36. The van der Waals surface area contributed by atoms with Gasteiger partial charge in [-0.05, 0) is 62.8 Å². The molecule has 0 radical (unpaired) electrons. The maximum atomic E-state index is 13.5. The van der Waals surface area contributed by atoms with Crippen LogP contribution in [0.5, 0.6) is 5.75 Å². The van der Waals surface area contributed by atoms with E-state index in [1.54, 1.807) is 22.7 Å². The van der Waals surface area contributed by atoms with Gasteiger partial charge in [-0.2, -0.15) is 9.40 Å². The highest BCUT2D eigenvalue weighted by molar-refractivity contribution is 7.89. The number of hydrogen-bond donors (Lipinski definition) is 1. The number of methoxy groups -OCH3 is 1. The van der Waals surface area contributed by atoms with Gasteiger partial charge in [-0.3, -0.25) is 4.79 Å². The van der Waals surface area contributed by atoms with Crippen LogP contribution >= 0.6 is 0 Å². The van der Waals surface area contributed by atoms with E-state index < -0.39 is 10.0 Å². The summed E-state index contributed by atoms with van der Waals surface area (Å²) in [5.41, 5.74) is 3.37. The Morgan fingerprint density at radius 1 is 1.17 bits per heavy atom. The normalized spacial score (nSPS) is 14.7. The fourth-order valence-corrected chi connectivity index (χ4v) is 6.10. The first-order valence-electron chi connectivity index (χ1n) is 12.0. The van der Waals surface area contributed by atoms with Crippen molar-refractivity contribution in [2.24, 2.45) is 5.92 Å². The fourth-order valence-electron chi connectivity index (χ4n) is 4.41. The van der Waals surface area contributed by atoms with Crippen LogP contribution in [0.15, 0.2) is 29.2 Å². The van der Waals surface area contributed by atoms with Crippen molar-refractivity contribution in [3.05, 3.63) is 41.3 Å². The third kappa shape index (κ3) is 4.90. The van der Waals surface area contributed by atoms with Crippen molar-refractivity contribution in [2.75, 3.05) is 26.7 Å². The van der Waals surface area contributed by atoms with Crippen molar-refractivity contribution in [1.82, 2.24) is 24.2 Å². The number of benzene rings is 1. The van der Waals surface area contributed by atoms with Gasteiger partial charge in [0.25, 0.3) is 5.91 Å². The fraction of sp³-hybridized carbons (Fsp3) is 0.480. The van der Waals surface area contributed by atoms with E-state index >= 15 is 0 Å². The lowest BCUT2D eigenvalue weighted by Gasteiger charge is -2.18. The second-order valence-electron chi connectivity index (χ2n) is 9.41. The molecule has 1 fully saturated rings. The van der Waals surface area contributed by atoms with Crippen LogP contribution in [0.4, 0.5) is 0 Å². The number of carbonyl (C=O) groups excluding carboxylic acids is 1. The number of amides is 1. The average Bonchev–Trinajstić information content (AvgIpc) is 3.47. The minimum Gasteiger partial charge on any atom is -0.495 e. The third-order valence-electron chi connectivity index (χ3n) is 6.25. The number of sulfonamides is 1. The summed E-state index contributed by atoms with van der Waals surface area (Å²) in [5, 5.41) is 7.54. The maximum Gasteiger partial charge on any atom is 0.272 e. The van der Waals surface area contributed by atoms with Gasteiger partial charge in [0.05, 0.1) is 12.7 Å². The predicted molar refractivity (Wildman–Crippen MR) is 134 cm³/mol. The molecule has 0 aliphatic carbocycles. The van der Waals surface area contributed by atoms with Gasteiger partial charge in [0.2, 0.25) is 10.0 Å². The summed E-state index contributed by atoms with van der Waals surface area (Å²) in [6, 6.07) is 6.85. The molecule has 1 aliphatic rings. The van der Waals surface area contributed by atoms with Crippen LogP contribution in [0.3, 0.4) is 0 Å². The smallest absolute Gasteiger partial charge is 0.272 e. The SMILES string of the molecule is COc1ccc(-c2c(C(=O)NCCC(C)C)nn3c(C)cc(C)nc23)cc1S(=O)(=O)N1CCCC1. The van der Waals surface area contributed by atoms with Crippen molar-refractivity contribution < 1.29 is 17.9 Å². The van der Waals surface area contributed by atoms with Gasteiger partial charge in [0, 0.05) is 31.0 Å². The molecule has 1 amide bonds. The standard InChI is InChI=1S/C25H33N5O4S/c1-16(2)10-11-26-25(31)23-22(24-27-17(3)14-18(4)30(24)28-23)19-8-9-20(34-5)21(15-19)35(32,33)29-12-6-7-13-29/h8-9,14-16H,6-7,10-13H2,1-5H3,(H,26,31). The summed E-state index contributed by atoms with van der Waals surface area (Å²) in [5.74, 6) is 0.394. The van der Waals surface area contributed by atoms with E-state index in [1.165, 1.54) is 11.4 Å². The molecule has 1 aromatic carbocycles. The van der Waals surface area contributed by atoms with Crippen LogP contribution in [-0.2, 0) is 10.0 Å².